The molecule has 8 nitrogen and oxygen atoms in total. The van der Waals surface area contributed by atoms with Crippen molar-refractivity contribution in [1.82, 2.24) is 25.2 Å². The number of amides is 2. The number of piperazine rings is 1. The van der Waals surface area contributed by atoms with Gasteiger partial charge in [0.2, 0.25) is 0 Å². The Hall–Kier alpha value is -3.30. The Kier molecular flexibility index (Phi) is 5.36. The van der Waals surface area contributed by atoms with Gasteiger partial charge >= 0.3 is 0 Å². The first-order valence-electron chi connectivity index (χ1n) is 10.4. The van der Waals surface area contributed by atoms with Gasteiger partial charge in [-0.1, -0.05) is 6.07 Å². The van der Waals surface area contributed by atoms with Crippen molar-refractivity contribution in [3.63, 3.8) is 0 Å². The topological polar surface area (TPSA) is 91.3 Å². The second kappa shape index (κ2) is 8.33. The van der Waals surface area contributed by atoms with E-state index in [2.05, 4.69) is 57.3 Å². The molecule has 5 rings (SSSR count). The molecule has 0 spiro atoms. The summed E-state index contributed by atoms with van der Waals surface area (Å²) in [5.41, 5.74) is 6.09. The van der Waals surface area contributed by atoms with Gasteiger partial charge in [0.25, 0.3) is 11.1 Å². The highest BCUT2D eigenvalue weighted by atomic mass is 32.2. The number of nitrogens with zero attached hydrogens (tertiary/aromatic N) is 5. The Balaban J connectivity index is 1.51. The van der Waals surface area contributed by atoms with Crippen LogP contribution < -0.4 is 10.2 Å². The molecule has 2 aliphatic heterocycles. The molecule has 9 heteroatoms. The molecule has 2 amide bonds. The average molecular weight is 447 g/mol. The summed E-state index contributed by atoms with van der Waals surface area (Å²) in [5.74, 6) is -0.401. The zero-order valence-corrected chi connectivity index (χ0v) is 18.6. The molecule has 162 valence electrons. The number of hydrogen-bond acceptors (Lipinski definition) is 8. The van der Waals surface area contributed by atoms with Crippen LogP contribution in [0.15, 0.2) is 41.6 Å². The monoisotopic (exact) mass is 446 g/mol. The van der Waals surface area contributed by atoms with Gasteiger partial charge in [-0.15, -0.1) is 0 Å². The van der Waals surface area contributed by atoms with E-state index in [1.807, 2.05) is 6.07 Å². The fourth-order valence-electron chi connectivity index (χ4n) is 4.01. The zero-order valence-electron chi connectivity index (χ0n) is 17.8. The molecule has 0 atom stereocenters. The Bertz CT molecular complexity index is 1270. The molecule has 0 saturated carbocycles. The van der Waals surface area contributed by atoms with Gasteiger partial charge in [0.15, 0.2) is 0 Å². The number of fused-ring (bicyclic) bond motifs is 1. The maximum absolute atomic E-state index is 11.9. The summed E-state index contributed by atoms with van der Waals surface area (Å²) in [4.78, 5) is 42.0. The molecule has 0 aliphatic carbocycles. The number of rotatable bonds is 3. The molecule has 4 heterocycles. The fraction of sp³-hybridized carbons (Fsp3) is 0.261. The fourth-order valence-corrected chi connectivity index (χ4v) is 4.67. The lowest BCUT2D eigenvalue weighted by Gasteiger charge is -2.35. The summed E-state index contributed by atoms with van der Waals surface area (Å²) < 4.78 is 0. The third-order valence-corrected chi connectivity index (χ3v) is 6.55. The van der Waals surface area contributed by atoms with Gasteiger partial charge in [-0.2, -0.15) is 0 Å². The van der Waals surface area contributed by atoms with Crippen LogP contribution in [0.2, 0.25) is 0 Å². The molecule has 0 bridgehead atoms. The summed E-state index contributed by atoms with van der Waals surface area (Å²) in [6.45, 7) is 6.27. The first-order valence-corrected chi connectivity index (χ1v) is 11.2. The van der Waals surface area contributed by atoms with Crippen LogP contribution in [0.25, 0.3) is 28.4 Å². The summed E-state index contributed by atoms with van der Waals surface area (Å²) >= 11 is 0.874. The van der Waals surface area contributed by atoms with Crippen LogP contribution in [-0.4, -0.2) is 64.2 Å². The van der Waals surface area contributed by atoms with Crippen molar-refractivity contribution in [2.24, 2.45) is 0 Å². The number of hydrogen-bond donors (Lipinski definition) is 1. The van der Waals surface area contributed by atoms with Crippen LogP contribution in [0.5, 0.6) is 0 Å². The first-order chi connectivity index (χ1) is 15.5. The predicted molar refractivity (Wildman–Crippen MR) is 126 cm³/mol. The number of aromatic nitrogens is 3. The predicted octanol–water partition coefficient (Wildman–Crippen LogP) is 3.08. The number of aryl methyl sites for hydroxylation is 1. The van der Waals surface area contributed by atoms with Crippen LogP contribution in [0.3, 0.4) is 0 Å². The van der Waals surface area contributed by atoms with Gasteiger partial charge in [0.05, 0.1) is 21.8 Å². The second-order valence-corrected chi connectivity index (χ2v) is 8.98. The van der Waals surface area contributed by atoms with E-state index in [-0.39, 0.29) is 5.24 Å². The summed E-state index contributed by atoms with van der Waals surface area (Å²) in [7, 11) is 2.15. The van der Waals surface area contributed by atoms with E-state index >= 15 is 0 Å². The second-order valence-electron chi connectivity index (χ2n) is 7.97. The molecule has 0 unspecified atom stereocenters. The molecule has 1 N–H and O–H groups in total. The van der Waals surface area contributed by atoms with Gasteiger partial charge < -0.3 is 9.80 Å². The van der Waals surface area contributed by atoms with Gasteiger partial charge in [-0.05, 0) is 61.6 Å². The normalized spacial score (nSPS) is 18.6. The van der Waals surface area contributed by atoms with E-state index in [0.717, 1.165) is 54.7 Å². The number of benzene rings is 1. The maximum atomic E-state index is 11.9. The quantitative estimate of drug-likeness (QED) is 0.614. The Morgan fingerprint density at radius 2 is 1.88 bits per heavy atom. The lowest BCUT2D eigenvalue weighted by Crippen LogP contribution is -2.44. The van der Waals surface area contributed by atoms with Crippen molar-refractivity contribution >= 4 is 45.7 Å². The number of anilines is 1. The summed E-state index contributed by atoms with van der Waals surface area (Å²) in [6, 6.07) is 10.0. The minimum atomic E-state index is -0.401. The standard InChI is InChI=1S/C23H22N6O2S/c1-14-11-15(3-6-18(14)29-9-7-28(2)8-10-29)20-21-17(24-13-25-20)5-4-16(26-21)12-19-22(30)27-23(31)32-19/h3-6,11-13H,7-10H2,1-2H3,(H,27,30,31). The molecule has 2 aromatic heterocycles. The molecule has 2 saturated heterocycles. The number of thioether (sulfide) groups is 1. The van der Waals surface area contributed by atoms with Crippen LogP contribution in [0.4, 0.5) is 10.5 Å². The number of carbonyl (C=O) groups is 2. The van der Waals surface area contributed by atoms with Crippen molar-refractivity contribution in [1.29, 1.82) is 0 Å². The summed E-state index contributed by atoms with van der Waals surface area (Å²) in [5, 5.41) is 1.89. The lowest BCUT2D eigenvalue weighted by atomic mass is 10.0. The Morgan fingerprint density at radius 3 is 2.59 bits per heavy atom. The molecular weight excluding hydrogens is 424 g/mol. The number of nitrogens with one attached hydrogen (secondary N) is 1. The number of imide groups is 1. The largest absolute Gasteiger partial charge is 0.369 e. The number of carbonyl (C=O) groups excluding carboxylic acids is 2. The van der Waals surface area contributed by atoms with E-state index < -0.39 is 5.91 Å². The smallest absolute Gasteiger partial charge is 0.290 e. The minimum absolute atomic E-state index is 0.327. The molecule has 2 aliphatic rings. The maximum Gasteiger partial charge on any atom is 0.290 e. The van der Waals surface area contributed by atoms with Gasteiger partial charge in [-0.25, -0.2) is 15.0 Å². The van der Waals surface area contributed by atoms with Crippen molar-refractivity contribution < 1.29 is 9.59 Å². The highest BCUT2D eigenvalue weighted by Gasteiger charge is 2.25. The van der Waals surface area contributed by atoms with Crippen LogP contribution in [0.1, 0.15) is 11.3 Å². The first kappa shape index (κ1) is 20.6. The molecular formula is C23H22N6O2S. The average Bonchev–Trinajstić information content (AvgIpc) is 3.10. The minimum Gasteiger partial charge on any atom is -0.369 e. The van der Waals surface area contributed by atoms with E-state index in [1.165, 1.54) is 11.3 Å². The van der Waals surface area contributed by atoms with E-state index in [1.54, 1.807) is 18.5 Å². The molecule has 1 aromatic carbocycles. The van der Waals surface area contributed by atoms with Crippen LogP contribution in [-0.2, 0) is 4.79 Å². The van der Waals surface area contributed by atoms with Crippen molar-refractivity contribution in [2.75, 3.05) is 38.1 Å². The Morgan fingerprint density at radius 1 is 1.06 bits per heavy atom. The van der Waals surface area contributed by atoms with E-state index in [0.29, 0.717) is 16.1 Å². The third kappa shape index (κ3) is 3.96. The van der Waals surface area contributed by atoms with Gasteiger partial charge in [0.1, 0.15) is 11.8 Å². The van der Waals surface area contributed by atoms with Crippen molar-refractivity contribution in [3.8, 4) is 11.3 Å². The molecule has 32 heavy (non-hydrogen) atoms. The zero-order chi connectivity index (χ0) is 22.2. The van der Waals surface area contributed by atoms with Crippen LogP contribution >= 0.6 is 11.8 Å². The highest BCUT2D eigenvalue weighted by Crippen LogP contribution is 2.31. The lowest BCUT2D eigenvalue weighted by molar-refractivity contribution is -0.115. The van der Waals surface area contributed by atoms with E-state index in [9.17, 15) is 9.59 Å². The number of pyridine rings is 1. The SMILES string of the molecule is Cc1cc(-c2ncnc3ccc(C=C4SC(=O)NC4=O)nc23)ccc1N1CCN(C)CC1. The summed E-state index contributed by atoms with van der Waals surface area (Å²) in [6.07, 6.45) is 3.16. The Labute approximate surface area is 189 Å². The number of likely N-dealkylation sites (N-methyl/N-ethyl adjacent to an activating group) is 1. The van der Waals surface area contributed by atoms with Gasteiger partial charge in [-0.3, -0.25) is 14.9 Å². The van der Waals surface area contributed by atoms with Gasteiger partial charge in [0, 0.05) is 37.4 Å². The highest BCUT2D eigenvalue weighted by molar-refractivity contribution is 8.18. The third-order valence-electron chi connectivity index (χ3n) is 5.74. The molecule has 2 fully saturated rings. The van der Waals surface area contributed by atoms with Crippen molar-refractivity contribution in [3.05, 3.63) is 52.8 Å². The molecule has 0 radical (unpaired) electrons. The van der Waals surface area contributed by atoms with Crippen LogP contribution in [0, 0.1) is 6.92 Å². The van der Waals surface area contributed by atoms with Crippen molar-refractivity contribution in [2.45, 2.75) is 6.92 Å². The molecule has 3 aromatic rings. The van der Waals surface area contributed by atoms with E-state index in [4.69, 9.17) is 4.98 Å².